The molecule has 0 aromatic carbocycles. The number of oxime groups is 1. The van der Waals surface area contributed by atoms with Crippen molar-refractivity contribution in [2.75, 3.05) is 26.2 Å². The van der Waals surface area contributed by atoms with Gasteiger partial charge in [0, 0.05) is 19.0 Å². The van der Waals surface area contributed by atoms with Crippen LogP contribution in [0.15, 0.2) is 34.3 Å². The summed E-state index contributed by atoms with van der Waals surface area (Å²) in [6.45, 7) is 5.89. The number of allylic oxidation sites excluding steroid dienone is 1. The first-order valence-corrected chi connectivity index (χ1v) is 7.82. The molecule has 2 bridgehead atoms. The third-order valence-electron chi connectivity index (χ3n) is 3.68. The Balaban J connectivity index is 1.47. The highest BCUT2D eigenvalue weighted by atomic mass is 32.1. The highest BCUT2D eigenvalue weighted by molar-refractivity contribution is 7.10. The van der Waals surface area contributed by atoms with Crippen molar-refractivity contribution in [2.24, 2.45) is 11.1 Å². The number of rotatable bonds is 3. The Morgan fingerprint density at radius 3 is 3.30 bits per heavy atom. The summed E-state index contributed by atoms with van der Waals surface area (Å²) in [6.07, 6.45) is 3.22. The van der Waals surface area contributed by atoms with E-state index in [2.05, 4.69) is 21.9 Å². The van der Waals surface area contributed by atoms with Crippen LogP contribution in [0.5, 0.6) is 0 Å². The summed E-state index contributed by atoms with van der Waals surface area (Å²) >= 11 is 1.66. The molecule has 2 fully saturated rings. The Morgan fingerprint density at radius 2 is 2.60 bits per heavy atom. The predicted octanol–water partition coefficient (Wildman–Crippen LogP) is 2.75. The Hall–Kier alpha value is -1.57. The highest BCUT2D eigenvalue weighted by Gasteiger charge is 2.35. The molecule has 0 saturated carbocycles. The Kier molecular flexibility index (Phi) is 4.19. The smallest absolute Gasteiger partial charge is 0.136 e. The van der Waals surface area contributed by atoms with Gasteiger partial charge in [-0.3, -0.25) is 4.90 Å². The molecule has 4 heteroatoms. The van der Waals surface area contributed by atoms with Crippen LogP contribution in [0.1, 0.15) is 18.2 Å². The van der Waals surface area contributed by atoms with Crippen molar-refractivity contribution >= 4 is 17.0 Å². The minimum Gasteiger partial charge on any atom is -0.392 e. The molecule has 2 atom stereocenters. The molecule has 0 aliphatic carbocycles. The summed E-state index contributed by atoms with van der Waals surface area (Å²) in [4.78, 5) is 8.92. The number of fused-ring (bicyclic) bond motifs is 2. The summed E-state index contributed by atoms with van der Waals surface area (Å²) in [6, 6.07) is 4.04. The second-order valence-corrected chi connectivity index (χ2v) is 6.16. The van der Waals surface area contributed by atoms with Gasteiger partial charge in [0.1, 0.15) is 6.61 Å². The van der Waals surface area contributed by atoms with Gasteiger partial charge in [0.05, 0.1) is 10.6 Å². The van der Waals surface area contributed by atoms with Gasteiger partial charge in [-0.25, -0.2) is 0 Å². The Labute approximate surface area is 123 Å². The van der Waals surface area contributed by atoms with Crippen molar-refractivity contribution in [2.45, 2.75) is 13.3 Å². The zero-order chi connectivity index (χ0) is 13.8. The third-order valence-corrected chi connectivity index (χ3v) is 4.46. The van der Waals surface area contributed by atoms with E-state index in [0.29, 0.717) is 12.5 Å². The van der Waals surface area contributed by atoms with E-state index in [1.54, 1.807) is 11.3 Å². The predicted molar refractivity (Wildman–Crippen MR) is 82.9 cm³/mol. The second-order valence-electron chi connectivity index (χ2n) is 5.21. The summed E-state index contributed by atoms with van der Waals surface area (Å²) in [7, 11) is 0. The quantitative estimate of drug-likeness (QED) is 0.485. The van der Waals surface area contributed by atoms with Gasteiger partial charge in [0.15, 0.2) is 0 Å². The van der Waals surface area contributed by atoms with E-state index in [-0.39, 0.29) is 0 Å². The number of piperidine rings is 1. The zero-order valence-electron chi connectivity index (χ0n) is 11.6. The monoisotopic (exact) mass is 286 g/mol. The van der Waals surface area contributed by atoms with Gasteiger partial charge in [-0.05, 0) is 43.0 Å². The third kappa shape index (κ3) is 3.30. The van der Waals surface area contributed by atoms with Crippen LogP contribution in [-0.4, -0.2) is 36.9 Å². The van der Waals surface area contributed by atoms with E-state index < -0.39 is 0 Å². The van der Waals surface area contributed by atoms with Crippen LogP contribution in [-0.2, 0) is 4.84 Å². The van der Waals surface area contributed by atoms with Gasteiger partial charge in [0.25, 0.3) is 0 Å². The fourth-order valence-electron chi connectivity index (χ4n) is 2.55. The Bertz CT molecular complexity index is 577. The fraction of sp³-hybridized carbons (Fsp3) is 0.438. The van der Waals surface area contributed by atoms with Gasteiger partial charge >= 0.3 is 0 Å². The number of thiophene rings is 1. The highest BCUT2D eigenvalue weighted by Crippen LogP contribution is 2.25. The molecule has 0 spiro atoms. The van der Waals surface area contributed by atoms with E-state index in [4.69, 9.17) is 4.84 Å². The van der Waals surface area contributed by atoms with Crippen molar-refractivity contribution in [3.05, 3.63) is 34.0 Å². The maximum absolute atomic E-state index is 5.40. The van der Waals surface area contributed by atoms with Crippen LogP contribution in [0.4, 0.5) is 0 Å². The second kappa shape index (κ2) is 6.25. The number of hydrogen-bond acceptors (Lipinski definition) is 4. The molecule has 2 aliphatic rings. The zero-order valence-corrected chi connectivity index (χ0v) is 12.4. The van der Waals surface area contributed by atoms with Gasteiger partial charge in [-0.2, -0.15) is 0 Å². The molecule has 2 unspecified atom stereocenters. The van der Waals surface area contributed by atoms with Crippen molar-refractivity contribution in [3.8, 4) is 11.8 Å². The van der Waals surface area contributed by atoms with E-state index in [1.807, 2.05) is 30.5 Å². The normalized spacial score (nSPS) is 26.6. The first kappa shape index (κ1) is 13.4. The van der Waals surface area contributed by atoms with E-state index in [0.717, 1.165) is 17.0 Å². The molecule has 2 aliphatic heterocycles. The lowest BCUT2D eigenvalue weighted by Crippen LogP contribution is -2.23. The molecule has 1 aromatic heterocycles. The summed E-state index contributed by atoms with van der Waals surface area (Å²) in [5, 5.41) is 6.31. The lowest BCUT2D eigenvalue weighted by molar-refractivity contribution is 0.171. The molecule has 3 rings (SSSR count). The lowest BCUT2D eigenvalue weighted by Gasteiger charge is -2.12. The van der Waals surface area contributed by atoms with Crippen LogP contribution in [0, 0.1) is 17.8 Å². The molecule has 0 N–H and O–H groups in total. The fourth-order valence-corrected chi connectivity index (χ4v) is 3.12. The van der Waals surface area contributed by atoms with Crippen molar-refractivity contribution in [1.29, 1.82) is 0 Å². The first-order chi connectivity index (χ1) is 9.81. The summed E-state index contributed by atoms with van der Waals surface area (Å²) in [5.41, 5.74) is 2.24. The molecule has 104 valence electrons. The molecular weight excluding hydrogens is 268 g/mol. The average Bonchev–Trinajstić information content (AvgIpc) is 3.17. The maximum Gasteiger partial charge on any atom is 0.136 e. The van der Waals surface area contributed by atoms with Crippen LogP contribution in [0.3, 0.4) is 0 Å². The molecule has 0 amide bonds. The number of nitrogens with zero attached hydrogens (tertiary/aromatic N) is 2. The molecule has 3 heterocycles. The van der Waals surface area contributed by atoms with Crippen LogP contribution >= 0.6 is 11.3 Å². The topological polar surface area (TPSA) is 24.8 Å². The minimum absolute atomic E-state index is 0.501. The molecule has 20 heavy (non-hydrogen) atoms. The largest absolute Gasteiger partial charge is 0.392 e. The summed E-state index contributed by atoms with van der Waals surface area (Å²) in [5.74, 6) is 6.89. The van der Waals surface area contributed by atoms with E-state index in [1.165, 1.54) is 25.2 Å². The standard InChI is InChI=1S/C16H18N2OS/c1-13(4-5-15-3-2-10-20-15)7-9-19-17-16-12-18-8-6-14(16)11-18/h2-3,7,10,14H,6,8-9,11-12H2,1H3/b13-7+,17-16+. The number of hydrogen-bond donors (Lipinski definition) is 0. The van der Waals surface area contributed by atoms with Crippen LogP contribution in [0.25, 0.3) is 0 Å². The molecule has 3 nitrogen and oxygen atoms in total. The van der Waals surface area contributed by atoms with Gasteiger partial charge in [0.2, 0.25) is 0 Å². The van der Waals surface area contributed by atoms with Crippen LogP contribution < -0.4 is 0 Å². The minimum atomic E-state index is 0.501. The van der Waals surface area contributed by atoms with Crippen molar-refractivity contribution in [1.82, 2.24) is 4.90 Å². The van der Waals surface area contributed by atoms with Crippen LogP contribution in [0.2, 0.25) is 0 Å². The molecule has 1 aromatic rings. The van der Waals surface area contributed by atoms with Crippen molar-refractivity contribution in [3.63, 3.8) is 0 Å². The van der Waals surface area contributed by atoms with Crippen molar-refractivity contribution < 1.29 is 4.84 Å². The van der Waals surface area contributed by atoms with Gasteiger partial charge < -0.3 is 4.84 Å². The maximum atomic E-state index is 5.40. The van der Waals surface area contributed by atoms with Gasteiger partial charge in [-0.15, -0.1) is 11.3 Å². The van der Waals surface area contributed by atoms with Gasteiger partial charge in [-0.1, -0.05) is 23.1 Å². The summed E-state index contributed by atoms with van der Waals surface area (Å²) < 4.78 is 0. The lowest BCUT2D eigenvalue weighted by atomic mass is 10.0. The Morgan fingerprint density at radius 1 is 1.65 bits per heavy atom. The first-order valence-electron chi connectivity index (χ1n) is 6.94. The molecular formula is C16H18N2OS. The van der Waals surface area contributed by atoms with E-state index in [9.17, 15) is 0 Å². The SMILES string of the molecule is C/C(C#Cc1cccs1)=C\CO/N=C1\CN2CCC1C2. The van der Waals surface area contributed by atoms with E-state index >= 15 is 0 Å². The average molecular weight is 286 g/mol. The molecule has 2 saturated heterocycles. The molecule has 0 radical (unpaired) electrons.